The van der Waals surface area contributed by atoms with Gasteiger partial charge < -0.3 is 20.1 Å². The SMILES string of the molecule is C=C(C)C1CCC(C)CC1O.C=C(C)C1CCC(C)CC1O.CC(C)=CCC/C(C)=C/C=O.CC(C)=CCC/C(C)=C\C=O.CC(C)=CCCC(C)CC=O.CC1CCC(C(C)C)C(O)C1. The van der Waals surface area contributed by atoms with Gasteiger partial charge in [0.25, 0.3) is 0 Å². The fourth-order valence-corrected chi connectivity index (χ4v) is 8.52. The number of allylic oxidation sites excluding steroid dienone is 10. The summed E-state index contributed by atoms with van der Waals surface area (Å²) in [5.41, 5.74) is 8.62. The first-order valence-corrected chi connectivity index (χ1v) is 25.7. The average molecular weight is 924 g/mol. The van der Waals surface area contributed by atoms with Crippen LogP contribution in [0.1, 0.15) is 214 Å². The first-order chi connectivity index (χ1) is 30.8. The normalized spacial score (nSPS) is 25.2. The van der Waals surface area contributed by atoms with Crippen LogP contribution in [0.5, 0.6) is 0 Å². The van der Waals surface area contributed by atoms with E-state index in [2.05, 4.69) is 114 Å². The molecule has 10 unspecified atom stereocenters. The number of aldehydes is 3. The van der Waals surface area contributed by atoms with Gasteiger partial charge in [-0.1, -0.05) is 118 Å². The van der Waals surface area contributed by atoms with Crippen LogP contribution in [0.25, 0.3) is 0 Å². The van der Waals surface area contributed by atoms with E-state index in [4.69, 9.17) is 0 Å². The van der Waals surface area contributed by atoms with Crippen LogP contribution in [0, 0.1) is 47.3 Å². The van der Waals surface area contributed by atoms with Crippen molar-refractivity contribution in [2.75, 3.05) is 0 Å². The van der Waals surface area contributed by atoms with Gasteiger partial charge >= 0.3 is 0 Å². The molecule has 0 amide bonds. The minimum absolute atomic E-state index is 0.0289. The molecule has 0 aromatic rings. The third kappa shape index (κ3) is 39.1. The smallest absolute Gasteiger partial charge is 0.142 e. The highest BCUT2D eigenvalue weighted by atomic mass is 16.3. The Morgan fingerprint density at radius 1 is 0.530 bits per heavy atom. The van der Waals surface area contributed by atoms with E-state index in [9.17, 15) is 29.7 Å². The van der Waals surface area contributed by atoms with E-state index in [-0.39, 0.29) is 18.3 Å². The predicted octanol–water partition coefficient (Wildman–Crippen LogP) is 15.9. The molecule has 0 spiro atoms. The number of hydrogen-bond acceptors (Lipinski definition) is 6. The minimum atomic E-state index is -0.128. The maximum absolute atomic E-state index is 10.1. The van der Waals surface area contributed by atoms with Gasteiger partial charge in [-0.05, 0) is 207 Å². The van der Waals surface area contributed by atoms with Gasteiger partial charge in [-0.25, -0.2) is 0 Å². The van der Waals surface area contributed by atoms with Crippen molar-refractivity contribution in [2.24, 2.45) is 47.3 Å². The van der Waals surface area contributed by atoms with Gasteiger partial charge in [-0.15, -0.1) is 0 Å². The fourth-order valence-electron chi connectivity index (χ4n) is 8.52. The van der Waals surface area contributed by atoms with Crippen LogP contribution in [-0.4, -0.2) is 52.5 Å². The van der Waals surface area contributed by atoms with Crippen molar-refractivity contribution >= 4 is 18.9 Å². The van der Waals surface area contributed by atoms with Crippen LogP contribution in [0.2, 0.25) is 0 Å². The largest absolute Gasteiger partial charge is 0.393 e. The maximum atomic E-state index is 10.1. The zero-order valence-electron chi connectivity index (χ0n) is 45.8. The third-order valence-electron chi connectivity index (χ3n) is 13.0. The molecule has 66 heavy (non-hydrogen) atoms. The summed E-state index contributed by atoms with van der Waals surface area (Å²) in [5, 5.41) is 29.0. The van der Waals surface area contributed by atoms with Crippen LogP contribution in [0.4, 0.5) is 0 Å². The Balaban J connectivity index is -0.000000722. The molecular weight excluding hydrogens is 817 g/mol. The zero-order chi connectivity index (χ0) is 51.4. The first-order valence-electron chi connectivity index (χ1n) is 25.7. The van der Waals surface area contributed by atoms with Crippen molar-refractivity contribution < 1.29 is 29.7 Å². The molecule has 0 aromatic heterocycles. The molecule has 3 fully saturated rings. The highest BCUT2D eigenvalue weighted by molar-refractivity contribution is 5.66. The molecule has 3 rings (SSSR count). The number of carbonyl (C=O) groups excluding carboxylic acids is 3. The van der Waals surface area contributed by atoms with E-state index in [0.29, 0.717) is 47.8 Å². The molecule has 3 aliphatic carbocycles. The highest BCUT2D eigenvalue weighted by Gasteiger charge is 2.29. The molecule has 10 atom stereocenters. The minimum Gasteiger partial charge on any atom is -0.393 e. The maximum Gasteiger partial charge on any atom is 0.142 e. The van der Waals surface area contributed by atoms with Crippen LogP contribution < -0.4 is 0 Å². The van der Waals surface area contributed by atoms with Crippen LogP contribution in [0.15, 0.2) is 82.5 Å². The molecule has 3 aliphatic rings. The Morgan fingerprint density at radius 3 is 1.17 bits per heavy atom. The Morgan fingerprint density at radius 2 is 0.879 bits per heavy atom. The van der Waals surface area contributed by atoms with Crippen molar-refractivity contribution in [3.63, 3.8) is 0 Å². The second kappa shape index (κ2) is 41.1. The summed E-state index contributed by atoms with van der Waals surface area (Å²) < 4.78 is 0. The standard InChI is InChI=1S/C10H20O.3C10H18O.2C10H16O/c3*1-7(2)9-5-4-8(3)6-10(9)11;3*1-9(2)5-4-6-10(3)7-8-11/h7-11H,4-6H2,1-3H3;2*8-11H,1,4-6H2,2-3H3;5,8,10H,4,6-7H2,1-3H3;2*5,7-8H,4,6H2,1-3H3/b;;;;10-7+;10-7-. The summed E-state index contributed by atoms with van der Waals surface area (Å²) in [6.07, 6.45) is 29.4. The molecule has 6 nitrogen and oxygen atoms in total. The Bertz CT molecular complexity index is 1380. The highest BCUT2D eigenvalue weighted by Crippen LogP contribution is 2.34. The number of carbonyl (C=O) groups is 3. The van der Waals surface area contributed by atoms with Gasteiger partial charge in [-0.3, -0.25) is 9.59 Å². The summed E-state index contributed by atoms with van der Waals surface area (Å²) in [4.78, 5) is 30.1. The van der Waals surface area contributed by atoms with Crippen molar-refractivity contribution in [1.29, 1.82) is 0 Å². The molecule has 0 saturated heterocycles. The zero-order valence-corrected chi connectivity index (χ0v) is 45.8. The van der Waals surface area contributed by atoms with Crippen molar-refractivity contribution in [3.05, 3.63) is 82.5 Å². The molecule has 0 aromatic carbocycles. The van der Waals surface area contributed by atoms with Crippen molar-refractivity contribution in [1.82, 2.24) is 0 Å². The van der Waals surface area contributed by atoms with Gasteiger partial charge in [0, 0.05) is 18.3 Å². The topological polar surface area (TPSA) is 112 Å². The molecule has 3 saturated carbocycles. The number of rotatable bonds is 16. The second-order valence-electron chi connectivity index (χ2n) is 21.6. The third-order valence-corrected chi connectivity index (χ3v) is 13.0. The van der Waals surface area contributed by atoms with Gasteiger partial charge in [-0.2, -0.15) is 0 Å². The molecule has 3 N–H and O–H groups in total. The van der Waals surface area contributed by atoms with E-state index in [0.717, 1.165) is 118 Å². The number of aliphatic hydroxyl groups excluding tert-OH is 3. The predicted molar refractivity (Wildman–Crippen MR) is 287 cm³/mol. The van der Waals surface area contributed by atoms with Gasteiger partial charge in [0.2, 0.25) is 0 Å². The van der Waals surface area contributed by atoms with Crippen molar-refractivity contribution in [3.8, 4) is 0 Å². The molecule has 0 bridgehead atoms. The summed E-state index contributed by atoms with van der Waals surface area (Å²) >= 11 is 0. The van der Waals surface area contributed by atoms with E-state index in [1.807, 2.05) is 27.7 Å². The molecule has 6 heteroatoms. The molecule has 0 aliphatic heterocycles. The van der Waals surface area contributed by atoms with Gasteiger partial charge in [0.1, 0.15) is 18.9 Å². The van der Waals surface area contributed by atoms with E-state index in [1.54, 1.807) is 12.2 Å². The quantitative estimate of drug-likeness (QED) is 0.0808. The van der Waals surface area contributed by atoms with E-state index < -0.39 is 0 Å². The van der Waals surface area contributed by atoms with E-state index >= 15 is 0 Å². The molecular formula is C60H106O6. The summed E-state index contributed by atoms with van der Waals surface area (Å²) in [6.45, 7) is 41.5. The van der Waals surface area contributed by atoms with Crippen LogP contribution in [-0.2, 0) is 14.4 Å². The lowest BCUT2D eigenvalue weighted by molar-refractivity contribution is -0.108. The van der Waals surface area contributed by atoms with Crippen LogP contribution in [0.3, 0.4) is 0 Å². The lowest BCUT2D eigenvalue weighted by Crippen LogP contribution is -2.31. The summed E-state index contributed by atoms with van der Waals surface area (Å²) in [5.74, 6) is 4.62. The first kappa shape index (κ1) is 67.3. The average Bonchev–Trinajstić information content (AvgIpc) is 3.18. The Kier molecular flexibility index (Phi) is 41.9. The summed E-state index contributed by atoms with van der Waals surface area (Å²) in [6, 6.07) is 0. The van der Waals surface area contributed by atoms with Gasteiger partial charge in [0.05, 0.1) is 18.3 Å². The molecule has 0 heterocycles. The second-order valence-corrected chi connectivity index (χ2v) is 21.6. The number of hydrogen-bond donors (Lipinski definition) is 3. The van der Waals surface area contributed by atoms with E-state index in [1.165, 1.54) is 42.4 Å². The lowest BCUT2D eigenvalue weighted by atomic mass is 9.75. The lowest BCUT2D eigenvalue weighted by Gasteiger charge is -2.33. The number of aliphatic hydroxyl groups is 3. The molecule has 382 valence electrons. The van der Waals surface area contributed by atoms with Crippen LogP contribution >= 0.6 is 0 Å². The van der Waals surface area contributed by atoms with Crippen molar-refractivity contribution in [2.45, 2.75) is 232 Å². The Hall–Kier alpha value is -2.93. The monoisotopic (exact) mass is 923 g/mol. The summed E-state index contributed by atoms with van der Waals surface area (Å²) in [7, 11) is 0. The Labute approximate surface area is 408 Å². The van der Waals surface area contributed by atoms with Gasteiger partial charge in [0.15, 0.2) is 0 Å². The molecule has 0 radical (unpaired) electrons. The fraction of sp³-hybridized carbons (Fsp3) is 0.717.